The van der Waals surface area contributed by atoms with Crippen molar-refractivity contribution in [3.05, 3.63) is 50.9 Å². The number of rotatable bonds is 3. The van der Waals surface area contributed by atoms with Crippen molar-refractivity contribution < 1.29 is 0 Å². The molecule has 1 aliphatic heterocycles. The van der Waals surface area contributed by atoms with Crippen molar-refractivity contribution >= 4 is 5.82 Å². The molecule has 0 N–H and O–H groups in total. The summed E-state index contributed by atoms with van der Waals surface area (Å²) in [5, 5.41) is 4.14. The van der Waals surface area contributed by atoms with Gasteiger partial charge in [-0.25, -0.2) is 9.48 Å². The predicted molar refractivity (Wildman–Crippen MR) is 86.4 cm³/mol. The first-order chi connectivity index (χ1) is 11.1. The van der Waals surface area contributed by atoms with E-state index in [1.54, 1.807) is 19.4 Å². The second-order valence-corrected chi connectivity index (χ2v) is 5.71. The van der Waals surface area contributed by atoms with Gasteiger partial charge in [-0.1, -0.05) is 0 Å². The molecule has 8 heteroatoms. The van der Waals surface area contributed by atoms with Crippen LogP contribution in [0.15, 0.2) is 34.1 Å². The second-order valence-electron chi connectivity index (χ2n) is 5.71. The molecule has 0 radical (unpaired) electrons. The fourth-order valence-corrected chi connectivity index (χ4v) is 2.74. The molecular formula is C15H20N6O2. The number of pyridine rings is 1. The number of piperazine rings is 1. The van der Waals surface area contributed by atoms with Crippen LogP contribution >= 0.6 is 0 Å². The average Bonchev–Trinajstić information content (AvgIpc) is 2.58. The van der Waals surface area contributed by atoms with Gasteiger partial charge in [0.05, 0.1) is 0 Å². The van der Waals surface area contributed by atoms with Gasteiger partial charge in [-0.15, -0.1) is 5.10 Å². The molecule has 8 nitrogen and oxygen atoms in total. The molecule has 122 valence electrons. The van der Waals surface area contributed by atoms with E-state index in [4.69, 9.17) is 0 Å². The topological polar surface area (TPSA) is 76.3 Å². The number of aromatic nitrogens is 4. The second kappa shape index (κ2) is 6.33. The van der Waals surface area contributed by atoms with Crippen LogP contribution in [0.1, 0.15) is 5.56 Å². The minimum atomic E-state index is -0.407. The van der Waals surface area contributed by atoms with Gasteiger partial charge in [-0.05, 0) is 17.7 Å². The van der Waals surface area contributed by atoms with Crippen molar-refractivity contribution in [3.63, 3.8) is 0 Å². The molecule has 3 rings (SSSR count). The molecule has 1 aliphatic rings. The van der Waals surface area contributed by atoms with Crippen LogP contribution in [0.25, 0.3) is 0 Å². The fourth-order valence-electron chi connectivity index (χ4n) is 2.74. The lowest BCUT2D eigenvalue weighted by molar-refractivity contribution is 0.248. The van der Waals surface area contributed by atoms with E-state index in [-0.39, 0.29) is 5.56 Å². The summed E-state index contributed by atoms with van der Waals surface area (Å²) >= 11 is 0. The monoisotopic (exact) mass is 316 g/mol. The highest BCUT2D eigenvalue weighted by Gasteiger charge is 2.22. The molecule has 0 bridgehead atoms. The Balaban J connectivity index is 1.70. The van der Waals surface area contributed by atoms with Crippen LogP contribution < -0.4 is 16.1 Å². The third-order valence-corrected chi connectivity index (χ3v) is 4.13. The van der Waals surface area contributed by atoms with Crippen molar-refractivity contribution in [3.8, 4) is 0 Å². The molecule has 1 saturated heterocycles. The van der Waals surface area contributed by atoms with E-state index < -0.39 is 5.69 Å². The van der Waals surface area contributed by atoms with Crippen LogP contribution in [-0.4, -0.2) is 50.4 Å². The van der Waals surface area contributed by atoms with E-state index >= 15 is 0 Å². The van der Waals surface area contributed by atoms with Gasteiger partial charge in [0.2, 0.25) is 5.82 Å². The van der Waals surface area contributed by atoms with Crippen LogP contribution in [0.2, 0.25) is 0 Å². The highest BCUT2D eigenvalue weighted by atomic mass is 16.2. The van der Waals surface area contributed by atoms with E-state index in [1.165, 1.54) is 17.3 Å². The molecule has 0 amide bonds. The molecule has 0 saturated carbocycles. The zero-order valence-corrected chi connectivity index (χ0v) is 13.3. The predicted octanol–water partition coefficient (Wildman–Crippen LogP) is -0.804. The summed E-state index contributed by atoms with van der Waals surface area (Å²) in [7, 11) is 3.04. The fraction of sp³-hybridized carbons (Fsp3) is 0.467. The minimum absolute atomic E-state index is 0.337. The summed E-state index contributed by atoms with van der Waals surface area (Å²) in [6.45, 7) is 3.98. The van der Waals surface area contributed by atoms with Gasteiger partial charge in [0.1, 0.15) is 0 Å². The molecule has 0 aromatic carbocycles. The molecule has 2 aromatic heterocycles. The van der Waals surface area contributed by atoms with Crippen molar-refractivity contribution in [1.82, 2.24) is 24.2 Å². The smallest absolute Gasteiger partial charge is 0.346 e. The Morgan fingerprint density at radius 2 is 1.70 bits per heavy atom. The van der Waals surface area contributed by atoms with Crippen molar-refractivity contribution in [2.45, 2.75) is 6.54 Å². The van der Waals surface area contributed by atoms with Gasteiger partial charge in [-0.3, -0.25) is 19.2 Å². The zero-order chi connectivity index (χ0) is 16.4. The van der Waals surface area contributed by atoms with E-state index in [9.17, 15) is 9.59 Å². The quantitative estimate of drug-likeness (QED) is 0.738. The van der Waals surface area contributed by atoms with Crippen LogP contribution in [-0.2, 0) is 20.6 Å². The first kappa shape index (κ1) is 15.4. The number of nitrogens with zero attached hydrogens (tertiary/aromatic N) is 6. The number of anilines is 1. The SMILES string of the molecule is Cn1nc(N2CCN(Cc3ccncc3)CC2)c(=O)n(C)c1=O. The molecule has 0 aliphatic carbocycles. The maximum absolute atomic E-state index is 12.2. The van der Waals surface area contributed by atoms with E-state index in [0.29, 0.717) is 18.9 Å². The van der Waals surface area contributed by atoms with Crippen LogP contribution in [0.5, 0.6) is 0 Å². The van der Waals surface area contributed by atoms with Gasteiger partial charge >= 0.3 is 5.69 Å². The summed E-state index contributed by atoms with van der Waals surface area (Å²) in [5.74, 6) is 0.346. The van der Waals surface area contributed by atoms with Gasteiger partial charge in [0, 0.05) is 59.2 Å². The summed E-state index contributed by atoms with van der Waals surface area (Å²) in [6, 6.07) is 4.02. The largest absolute Gasteiger partial charge is 0.348 e. The first-order valence-corrected chi connectivity index (χ1v) is 7.57. The number of hydrogen-bond acceptors (Lipinski definition) is 6. The summed E-state index contributed by atoms with van der Waals surface area (Å²) in [5.41, 5.74) is 0.482. The lowest BCUT2D eigenvalue weighted by atomic mass is 10.2. The Bertz CT molecular complexity index is 790. The molecular weight excluding hydrogens is 296 g/mol. The van der Waals surface area contributed by atoms with Crippen LogP contribution in [0.4, 0.5) is 5.82 Å². The average molecular weight is 316 g/mol. The zero-order valence-electron chi connectivity index (χ0n) is 13.3. The Morgan fingerprint density at radius 3 is 2.35 bits per heavy atom. The summed E-state index contributed by atoms with van der Waals surface area (Å²) in [6.07, 6.45) is 3.59. The molecule has 1 fully saturated rings. The molecule has 0 unspecified atom stereocenters. The molecule has 23 heavy (non-hydrogen) atoms. The van der Waals surface area contributed by atoms with Gasteiger partial charge in [0.15, 0.2) is 0 Å². The van der Waals surface area contributed by atoms with Crippen molar-refractivity contribution in [1.29, 1.82) is 0 Å². The lowest BCUT2D eigenvalue weighted by Gasteiger charge is -2.35. The maximum Gasteiger partial charge on any atom is 0.346 e. The molecule has 0 spiro atoms. The number of aryl methyl sites for hydroxylation is 1. The third kappa shape index (κ3) is 3.16. The Hall–Kier alpha value is -2.48. The highest BCUT2D eigenvalue weighted by molar-refractivity contribution is 5.35. The maximum atomic E-state index is 12.2. The Morgan fingerprint density at radius 1 is 1.04 bits per heavy atom. The molecule has 3 heterocycles. The van der Waals surface area contributed by atoms with E-state index in [0.717, 1.165) is 24.2 Å². The number of hydrogen-bond donors (Lipinski definition) is 0. The van der Waals surface area contributed by atoms with Crippen LogP contribution in [0.3, 0.4) is 0 Å². The van der Waals surface area contributed by atoms with Crippen molar-refractivity contribution in [2.75, 3.05) is 31.1 Å². The highest BCUT2D eigenvalue weighted by Crippen LogP contribution is 2.10. The van der Waals surface area contributed by atoms with Crippen LogP contribution in [0, 0.1) is 0 Å². The Kier molecular flexibility index (Phi) is 4.24. The van der Waals surface area contributed by atoms with Gasteiger partial charge in [0.25, 0.3) is 5.56 Å². The Labute approximate surface area is 133 Å². The lowest BCUT2D eigenvalue weighted by Crippen LogP contribution is -2.50. The van der Waals surface area contributed by atoms with Crippen molar-refractivity contribution in [2.24, 2.45) is 14.1 Å². The van der Waals surface area contributed by atoms with E-state index in [2.05, 4.69) is 15.0 Å². The van der Waals surface area contributed by atoms with Gasteiger partial charge < -0.3 is 4.90 Å². The minimum Gasteiger partial charge on any atom is -0.348 e. The standard InChI is InChI=1S/C15H20N6O2/c1-18-14(22)13(17-19(2)15(18)23)21-9-7-20(8-10-21)11-12-3-5-16-6-4-12/h3-6H,7-11H2,1-2H3. The first-order valence-electron chi connectivity index (χ1n) is 7.57. The summed E-state index contributed by atoms with van der Waals surface area (Å²) in [4.78, 5) is 32.3. The normalized spacial score (nSPS) is 15.8. The third-order valence-electron chi connectivity index (χ3n) is 4.13. The van der Waals surface area contributed by atoms with Gasteiger partial charge in [-0.2, -0.15) is 0 Å². The summed E-state index contributed by atoms with van der Waals surface area (Å²) < 4.78 is 2.31. The molecule has 2 aromatic rings. The van der Waals surface area contributed by atoms with E-state index in [1.807, 2.05) is 17.0 Å². The molecule has 0 atom stereocenters.